The molecule has 41 heavy (non-hydrogen) atoms. The maximum absolute atomic E-state index is 13.8. The fourth-order valence-electron chi connectivity index (χ4n) is 6.81. The summed E-state index contributed by atoms with van der Waals surface area (Å²) in [6.45, 7) is 1.78. The van der Waals surface area contributed by atoms with Gasteiger partial charge in [-0.3, -0.25) is 24.1 Å². The van der Waals surface area contributed by atoms with Crippen LogP contribution in [0.3, 0.4) is 0 Å². The molecule has 0 N–H and O–H groups in total. The number of imide groups is 1. The third-order valence-corrected chi connectivity index (χ3v) is 9.96. The summed E-state index contributed by atoms with van der Waals surface area (Å²) in [6, 6.07) is 23.8. The molecule has 1 heterocycles. The number of esters is 1. The molecule has 7 rings (SSSR count). The maximum atomic E-state index is 13.8. The number of Topliss-reactive ketones (excluding diaryl/α,β-unsaturated/α-hetero) is 1. The molecule has 4 aliphatic rings. The van der Waals surface area contributed by atoms with Crippen LogP contribution < -0.4 is 0 Å². The van der Waals surface area contributed by atoms with Crippen molar-refractivity contribution in [1.29, 1.82) is 0 Å². The van der Waals surface area contributed by atoms with Gasteiger partial charge in [-0.25, -0.2) is 0 Å². The van der Waals surface area contributed by atoms with E-state index < -0.39 is 33.7 Å². The van der Waals surface area contributed by atoms with Crippen molar-refractivity contribution >= 4 is 46.8 Å². The molecule has 3 aromatic carbocycles. The second-order valence-electron chi connectivity index (χ2n) is 11.0. The quantitative estimate of drug-likeness (QED) is 0.101. The summed E-state index contributed by atoms with van der Waals surface area (Å²) in [5, 5.41) is 0. The highest BCUT2D eigenvalue weighted by molar-refractivity contribution is 6.36. The highest BCUT2D eigenvalue weighted by Crippen LogP contribution is 2.69. The van der Waals surface area contributed by atoms with Crippen LogP contribution in [0.5, 0.6) is 0 Å². The van der Waals surface area contributed by atoms with Gasteiger partial charge < -0.3 is 4.74 Å². The van der Waals surface area contributed by atoms with Crippen LogP contribution in [0.25, 0.3) is 0 Å². The molecule has 210 valence electrons. The van der Waals surface area contributed by atoms with E-state index in [1.807, 2.05) is 54.6 Å². The van der Waals surface area contributed by atoms with Gasteiger partial charge in [0.2, 0.25) is 17.6 Å². The first-order chi connectivity index (χ1) is 19.7. The zero-order chi connectivity index (χ0) is 28.9. The molecule has 0 unspecified atom stereocenters. The molecule has 3 aliphatic carbocycles. The van der Waals surface area contributed by atoms with Crippen LogP contribution in [0.1, 0.15) is 65.2 Å². The Morgan fingerprint density at radius 2 is 1.22 bits per heavy atom. The van der Waals surface area contributed by atoms with Crippen molar-refractivity contribution in [3.63, 3.8) is 0 Å². The second-order valence-corrected chi connectivity index (χ2v) is 12.2. The SMILES string of the molecule is C[C@H](OC(=O)CCCCCN1C(=O)[C@@H]2[C@@H](C1=O)C1(Cl)c3ccccc3C2(Cl)c2ccccc21)C(=O)c1ccccc1. The second kappa shape index (κ2) is 10.4. The van der Waals surface area contributed by atoms with Crippen LogP contribution >= 0.6 is 23.2 Å². The van der Waals surface area contributed by atoms with Gasteiger partial charge in [0.1, 0.15) is 9.75 Å². The number of carbonyl (C=O) groups is 4. The molecule has 1 saturated heterocycles. The molecule has 3 aromatic rings. The van der Waals surface area contributed by atoms with Gasteiger partial charge >= 0.3 is 5.97 Å². The molecular formula is C33H29Cl2NO5. The van der Waals surface area contributed by atoms with Crippen molar-refractivity contribution in [2.45, 2.75) is 48.5 Å². The molecule has 0 saturated carbocycles. The van der Waals surface area contributed by atoms with Gasteiger partial charge in [0.15, 0.2) is 6.10 Å². The van der Waals surface area contributed by atoms with Crippen LogP contribution in [-0.4, -0.2) is 41.1 Å². The van der Waals surface area contributed by atoms with E-state index in [4.69, 9.17) is 27.9 Å². The van der Waals surface area contributed by atoms with Crippen LogP contribution in [0, 0.1) is 11.8 Å². The van der Waals surface area contributed by atoms with Gasteiger partial charge in [0.05, 0.1) is 11.8 Å². The predicted molar refractivity (Wildman–Crippen MR) is 155 cm³/mol. The van der Waals surface area contributed by atoms with E-state index in [0.29, 0.717) is 24.8 Å². The molecule has 0 spiro atoms. The number of rotatable bonds is 9. The summed E-state index contributed by atoms with van der Waals surface area (Å²) in [7, 11) is 0. The predicted octanol–water partition coefficient (Wildman–Crippen LogP) is 5.95. The minimum atomic E-state index is -1.19. The van der Waals surface area contributed by atoms with Crippen molar-refractivity contribution in [1.82, 2.24) is 4.90 Å². The zero-order valence-electron chi connectivity index (χ0n) is 22.5. The number of hydrogen-bond acceptors (Lipinski definition) is 5. The lowest BCUT2D eigenvalue weighted by atomic mass is 9.54. The summed E-state index contributed by atoms with van der Waals surface area (Å²) < 4.78 is 5.32. The lowest BCUT2D eigenvalue weighted by molar-refractivity contribution is -0.146. The molecule has 2 amide bonds. The van der Waals surface area contributed by atoms with Crippen molar-refractivity contribution in [3.8, 4) is 0 Å². The minimum absolute atomic E-state index is 0.139. The fourth-order valence-corrected chi connectivity index (χ4v) is 7.91. The standard InChI is InChI=1S/C33H29Cl2NO5/c1-20(29(38)21-12-4-2-5-13-21)41-26(37)18-6-3-11-19-36-30(39)27-28(31(36)40)33(35)23-15-8-7-14-22(23)32(27,34)24-16-9-10-17-25(24)33/h2,4-5,7-10,12-17,20,27-28H,3,6,11,18-19H2,1H3/t20-,27-,28-,32?,33?/m0/s1. The molecule has 0 aromatic heterocycles. The van der Waals surface area contributed by atoms with Crippen molar-refractivity contribution < 1.29 is 23.9 Å². The van der Waals surface area contributed by atoms with Gasteiger partial charge in [-0.15, -0.1) is 23.2 Å². The lowest BCUT2D eigenvalue weighted by Gasteiger charge is -2.54. The Morgan fingerprint density at radius 1 is 0.756 bits per heavy atom. The average molecular weight is 591 g/mol. The van der Waals surface area contributed by atoms with E-state index in [2.05, 4.69) is 0 Å². The number of benzene rings is 3. The number of halogens is 2. The largest absolute Gasteiger partial charge is 0.454 e. The number of unbranched alkanes of at least 4 members (excludes halogenated alkanes) is 2. The van der Waals surface area contributed by atoms with E-state index >= 15 is 0 Å². The van der Waals surface area contributed by atoms with Crippen LogP contribution in [0.4, 0.5) is 0 Å². The number of alkyl halides is 2. The number of hydrogen-bond donors (Lipinski definition) is 0. The third-order valence-electron chi connectivity index (χ3n) is 8.67. The van der Waals surface area contributed by atoms with Gasteiger partial charge in [-0.1, -0.05) is 85.3 Å². The Morgan fingerprint density at radius 3 is 1.71 bits per heavy atom. The number of amides is 2. The molecule has 1 fully saturated rings. The monoisotopic (exact) mass is 589 g/mol. The first-order valence-corrected chi connectivity index (χ1v) is 14.7. The Bertz CT molecular complexity index is 1430. The van der Waals surface area contributed by atoms with Crippen LogP contribution in [0.2, 0.25) is 0 Å². The number of likely N-dealkylation sites (tertiary alicyclic amines) is 1. The van der Waals surface area contributed by atoms with Crippen LogP contribution in [-0.2, 0) is 28.9 Å². The van der Waals surface area contributed by atoms with Gasteiger partial charge in [0.25, 0.3) is 0 Å². The van der Waals surface area contributed by atoms with E-state index in [9.17, 15) is 19.2 Å². The van der Waals surface area contributed by atoms with Gasteiger partial charge in [-0.2, -0.15) is 0 Å². The number of ether oxygens (including phenoxy) is 1. The van der Waals surface area contributed by atoms with E-state index in [1.165, 1.54) is 4.90 Å². The van der Waals surface area contributed by atoms with E-state index in [1.54, 1.807) is 31.2 Å². The Hall–Kier alpha value is -3.48. The first-order valence-electron chi connectivity index (χ1n) is 13.9. The first kappa shape index (κ1) is 27.7. The average Bonchev–Trinajstić information content (AvgIpc) is 3.25. The summed E-state index contributed by atoms with van der Waals surface area (Å²) >= 11 is 14.9. The summed E-state index contributed by atoms with van der Waals surface area (Å²) in [6.07, 6.45) is 0.889. The molecule has 2 bridgehead atoms. The third kappa shape index (κ3) is 4.14. The van der Waals surface area contributed by atoms with Gasteiger partial charge in [-0.05, 0) is 42.0 Å². The Balaban J connectivity index is 1.10. The summed E-state index contributed by atoms with van der Waals surface area (Å²) in [5.41, 5.74) is 3.60. The smallest absolute Gasteiger partial charge is 0.306 e. The highest BCUT2D eigenvalue weighted by atomic mass is 35.5. The van der Waals surface area contributed by atoms with Crippen LogP contribution in [0.15, 0.2) is 78.9 Å². The minimum Gasteiger partial charge on any atom is -0.454 e. The number of nitrogens with zero attached hydrogens (tertiary/aromatic N) is 1. The van der Waals surface area contributed by atoms with Crippen molar-refractivity contribution in [2.75, 3.05) is 6.54 Å². The van der Waals surface area contributed by atoms with Gasteiger partial charge in [0, 0.05) is 18.5 Å². The Kier molecular flexibility index (Phi) is 7.03. The molecule has 1 aliphatic heterocycles. The summed E-state index contributed by atoms with van der Waals surface area (Å²) in [5.74, 6) is -2.94. The molecule has 0 radical (unpaired) electrons. The molecule has 8 heteroatoms. The highest BCUT2D eigenvalue weighted by Gasteiger charge is 2.72. The lowest BCUT2D eigenvalue weighted by Crippen LogP contribution is -2.57. The maximum Gasteiger partial charge on any atom is 0.306 e. The van der Waals surface area contributed by atoms with Crippen molar-refractivity contribution in [3.05, 3.63) is 107 Å². The molecule has 3 atom stereocenters. The van der Waals surface area contributed by atoms with E-state index in [-0.39, 0.29) is 30.6 Å². The molecule has 6 nitrogen and oxygen atoms in total. The number of ketones is 1. The molecular weight excluding hydrogens is 561 g/mol. The van der Waals surface area contributed by atoms with E-state index in [0.717, 1.165) is 22.3 Å². The Labute approximate surface area is 248 Å². The summed E-state index contributed by atoms with van der Waals surface area (Å²) in [4.78, 5) is 51.4. The normalized spacial score (nSPS) is 26.3. The van der Waals surface area contributed by atoms with Crippen molar-refractivity contribution in [2.24, 2.45) is 11.8 Å². The zero-order valence-corrected chi connectivity index (χ0v) is 24.0. The topological polar surface area (TPSA) is 80.8 Å². The fraction of sp³-hybridized carbons (Fsp3) is 0.333. The number of carbonyl (C=O) groups excluding carboxylic acids is 4.